The zero-order valence-corrected chi connectivity index (χ0v) is 18.9. The number of quaternary nitrogens is 1. The highest BCUT2D eigenvalue weighted by Crippen LogP contribution is 2.38. The lowest BCUT2D eigenvalue weighted by Gasteiger charge is -2.25. The Kier molecular flexibility index (Phi) is 6.04. The third-order valence-corrected chi connectivity index (χ3v) is 5.89. The number of rotatable bonds is 6. The molecular formula is C24H24ClN2O5+. The Morgan fingerprint density at radius 3 is 2.53 bits per heavy atom. The van der Waals surface area contributed by atoms with Crippen LogP contribution in [0.3, 0.4) is 0 Å². The van der Waals surface area contributed by atoms with Crippen molar-refractivity contribution < 1.29 is 23.6 Å². The smallest absolute Gasteiger partial charge is 0.337 e. The van der Waals surface area contributed by atoms with Gasteiger partial charge >= 0.3 is 5.97 Å². The maximum absolute atomic E-state index is 13.5. The van der Waals surface area contributed by atoms with Gasteiger partial charge in [0.15, 0.2) is 5.43 Å². The molecule has 1 N–H and O–H groups in total. The molecule has 1 aliphatic heterocycles. The molecule has 0 bridgehead atoms. The zero-order chi connectivity index (χ0) is 23.0. The lowest BCUT2D eigenvalue weighted by Crippen LogP contribution is -3.05. The largest absolute Gasteiger partial charge is 0.465 e. The van der Waals surface area contributed by atoms with Crippen molar-refractivity contribution in [2.24, 2.45) is 0 Å². The summed E-state index contributed by atoms with van der Waals surface area (Å²) >= 11 is 6.11. The topological polar surface area (TPSA) is 81.3 Å². The third kappa shape index (κ3) is 3.89. The second-order valence-corrected chi connectivity index (χ2v) is 8.58. The van der Waals surface area contributed by atoms with E-state index in [1.54, 1.807) is 47.4 Å². The van der Waals surface area contributed by atoms with Gasteiger partial charge in [0.25, 0.3) is 5.91 Å². The van der Waals surface area contributed by atoms with E-state index in [1.165, 1.54) is 12.0 Å². The Morgan fingerprint density at radius 1 is 1.16 bits per heavy atom. The quantitative estimate of drug-likeness (QED) is 0.577. The number of carbonyl (C=O) groups is 2. The standard InChI is InChI=1S/C24H23ClN2O5/c1-26(2)11-4-12-27-20(14-5-7-15(8-6-14)24(30)31-3)19-21(28)17-13-16(25)9-10-18(17)32-22(19)23(27)29/h5-10,13,20H,4,11-12H2,1-3H3/p+1/t20-/m1/s1. The van der Waals surface area contributed by atoms with Gasteiger partial charge in [0, 0.05) is 18.0 Å². The van der Waals surface area contributed by atoms with E-state index in [-0.39, 0.29) is 17.1 Å². The van der Waals surface area contributed by atoms with E-state index in [0.717, 1.165) is 18.5 Å². The molecular weight excluding hydrogens is 432 g/mol. The summed E-state index contributed by atoms with van der Waals surface area (Å²) in [6, 6.07) is 10.9. The molecule has 1 atom stereocenters. The van der Waals surface area contributed by atoms with Crippen LogP contribution >= 0.6 is 11.6 Å². The van der Waals surface area contributed by atoms with E-state index in [4.69, 9.17) is 20.8 Å². The summed E-state index contributed by atoms with van der Waals surface area (Å²) in [5.74, 6) is -0.709. The monoisotopic (exact) mass is 455 g/mol. The number of benzene rings is 2. The van der Waals surface area contributed by atoms with Gasteiger partial charge in [-0.05, 0) is 35.9 Å². The van der Waals surface area contributed by atoms with Crippen molar-refractivity contribution in [3.63, 3.8) is 0 Å². The minimum atomic E-state index is -0.610. The molecule has 0 fully saturated rings. The Hall–Kier alpha value is -3.16. The number of ether oxygens (including phenoxy) is 1. The lowest BCUT2D eigenvalue weighted by molar-refractivity contribution is -0.858. The molecule has 3 aromatic rings. The number of nitrogens with zero attached hydrogens (tertiary/aromatic N) is 1. The van der Waals surface area contributed by atoms with E-state index in [2.05, 4.69) is 0 Å². The predicted molar refractivity (Wildman–Crippen MR) is 120 cm³/mol. The van der Waals surface area contributed by atoms with Crippen molar-refractivity contribution in [1.82, 2.24) is 4.90 Å². The molecule has 1 aliphatic rings. The summed E-state index contributed by atoms with van der Waals surface area (Å²) in [6.45, 7) is 1.33. The van der Waals surface area contributed by atoms with Crippen LogP contribution in [0.5, 0.6) is 0 Å². The Bertz CT molecular complexity index is 1250. The normalized spacial score (nSPS) is 15.5. The predicted octanol–water partition coefficient (Wildman–Crippen LogP) is 2.31. The van der Waals surface area contributed by atoms with Crippen LogP contribution < -0.4 is 10.3 Å². The zero-order valence-electron chi connectivity index (χ0n) is 18.1. The van der Waals surface area contributed by atoms with Gasteiger partial charge in [-0.25, -0.2) is 4.79 Å². The number of nitrogens with one attached hydrogen (secondary N) is 1. The Balaban J connectivity index is 1.85. The number of halogens is 1. The van der Waals surface area contributed by atoms with E-state index < -0.39 is 12.0 Å². The highest BCUT2D eigenvalue weighted by molar-refractivity contribution is 6.31. The van der Waals surface area contributed by atoms with Gasteiger partial charge in [-0.1, -0.05) is 23.7 Å². The van der Waals surface area contributed by atoms with Crippen LogP contribution in [0.1, 0.15) is 44.5 Å². The molecule has 4 rings (SSSR count). The molecule has 0 unspecified atom stereocenters. The van der Waals surface area contributed by atoms with Gasteiger partial charge in [0.05, 0.1) is 50.3 Å². The van der Waals surface area contributed by atoms with Crippen LogP contribution in [-0.2, 0) is 4.74 Å². The molecule has 166 valence electrons. The highest BCUT2D eigenvalue weighted by Gasteiger charge is 2.42. The molecule has 7 nitrogen and oxygen atoms in total. The summed E-state index contributed by atoms with van der Waals surface area (Å²) in [5.41, 5.74) is 1.45. The first-order valence-electron chi connectivity index (χ1n) is 10.4. The summed E-state index contributed by atoms with van der Waals surface area (Å²) in [7, 11) is 5.41. The molecule has 2 aromatic carbocycles. The van der Waals surface area contributed by atoms with Gasteiger partial charge in [-0.15, -0.1) is 0 Å². The number of esters is 1. The third-order valence-electron chi connectivity index (χ3n) is 5.65. The second-order valence-electron chi connectivity index (χ2n) is 8.14. The average molecular weight is 456 g/mol. The summed E-state index contributed by atoms with van der Waals surface area (Å²) in [4.78, 5) is 41.6. The molecule has 8 heteroatoms. The maximum atomic E-state index is 13.5. The lowest BCUT2D eigenvalue weighted by atomic mass is 9.97. The Labute approximate surface area is 190 Å². The Morgan fingerprint density at radius 2 is 1.88 bits per heavy atom. The van der Waals surface area contributed by atoms with Gasteiger partial charge in [0.1, 0.15) is 5.58 Å². The average Bonchev–Trinajstić information content (AvgIpc) is 3.06. The SMILES string of the molecule is COC(=O)c1ccc([C@@H]2c3c(oc4ccc(Cl)cc4c3=O)C(=O)N2CCC[NH+](C)C)cc1. The van der Waals surface area contributed by atoms with Crippen LogP contribution in [0.25, 0.3) is 11.0 Å². The molecule has 0 radical (unpaired) electrons. The fourth-order valence-electron chi connectivity index (χ4n) is 4.09. The van der Waals surface area contributed by atoms with E-state index in [0.29, 0.717) is 33.7 Å². The molecule has 32 heavy (non-hydrogen) atoms. The summed E-state index contributed by atoms with van der Waals surface area (Å²) < 4.78 is 10.7. The van der Waals surface area contributed by atoms with Gasteiger partial charge in [-0.3, -0.25) is 9.59 Å². The van der Waals surface area contributed by atoms with E-state index >= 15 is 0 Å². The fraction of sp³-hybridized carbons (Fsp3) is 0.292. The number of hydrogen-bond acceptors (Lipinski definition) is 5. The number of fused-ring (bicyclic) bond motifs is 2. The maximum Gasteiger partial charge on any atom is 0.337 e. The summed E-state index contributed by atoms with van der Waals surface area (Å²) in [6.07, 6.45) is 0.762. The minimum absolute atomic E-state index is 0.0593. The van der Waals surface area contributed by atoms with Crippen molar-refractivity contribution in [2.75, 3.05) is 34.3 Å². The molecule has 0 aliphatic carbocycles. The van der Waals surface area contributed by atoms with Crippen molar-refractivity contribution in [1.29, 1.82) is 0 Å². The number of carbonyl (C=O) groups excluding carboxylic acids is 2. The molecule has 1 amide bonds. The first-order valence-corrected chi connectivity index (χ1v) is 10.7. The van der Waals surface area contributed by atoms with Crippen LogP contribution in [0.15, 0.2) is 51.7 Å². The van der Waals surface area contributed by atoms with Crippen LogP contribution in [0.4, 0.5) is 0 Å². The van der Waals surface area contributed by atoms with Gasteiger partial charge in [0.2, 0.25) is 5.76 Å². The van der Waals surface area contributed by atoms with Gasteiger partial charge < -0.3 is 19.0 Å². The van der Waals surface area contributed by atoms with Crippen LogP contribution in [-0.4, -0.2) is 51.1 Å². The van der Waals surface area contributed by atoms with Crippen molar-refractivity contribution in [3.05, 3.63) is 80.2 Å². The van der Waals surface area contributed by atoms with E-state index in [9.17, 15) is 14.4 Å². The number of hydrogen-bond donors (Lipinski definition) is 1. The van der Waals surface area contributed by atoms with E-state index in [1.807, 2.05) is 14.1 Å². The van der Waals surface area contributed by atoms with Crippen molar-refractivity contribution >= 4 is 34.4 Å². The number of methoxy groups -OCH3 is 1. The molecule has 2 heterocycles. The second kappa shape index (κ2) is 8.76. The van der Waals surface area contributed by atoms with Crippen LogP contribution in [0, 0.1) is 0 Å². The first kappa shape index (κ1) is 22.0. The first-order chi connectivity index (χ1) is 15.3. The van der Waals surface area contributed by atoms with Crippen LogP contribution in [0.2, 0.25) is 5.02 Å². The van der Waals surface area contributed by atoms with Crippen molar-refractivity contribution in [2.45, 2.75) is 12.5 Å². The molecule has 0 spiro atoms. The fourth-order valence-corrected chi connectivity index (χ4v) is 4.26. The molecule has 0 saturated carbocycles. The highest BCUT2D eigenvalue weighted by atomic mass is 35.5. The summed E-state index contributed by atoms with van der Waals surface area (Å²) in [5, 5.41) is 0.749. The van der Waals surface area contributed by atoms with Gasteiger partial charge in [-0.2, -0.15) is 0 Å². The molecule has 1 aromatic heterocycles. The molecule has 0 saturated heterocycles. The minimum Gasteiger partial charge on any atom is -0.465 e. The number of amides is 1. The van der Waals surface area contributed by atoms with Crippen molar-refractivity contribution in [3.8, 4) is 0 Å².